The van der Waals surface area contributed by atoms with Crippen LogP contribution in [0.5, 0.6) is 0 Å². The first-order chi connectivity index (χ1) is 15.4. The van der Waals surface area contributed by atoms with Crippen molar-refractivity contribution >= 4 is 51.7 Å². The zero-order valence-electron chi connectivity index (χ0n) is 18.6. The number of hydrogen-bond donors (Lipinski definition) is 1. The van der Waals surface area contributed by atoms with Crippen molar-refractivity contribution in [2.24, 2.45) is 4.99 Å². The molecule has 32 heavy (non-hydrogen) atoms. The quantitative estimate of drug-likeness (QED) is 0.499. The van der Waals surface area contributed by atoms with E-state index in [1.165, 1.54) is 11.8 Å². The summed E-state index contributed by atoms with van der Waals surface area (Å²) in [6.07, 6.45) is 0.761. The van der Waals surface area contributed by atoms with Crippen LogP contribution < -0.4 is 5.32 Å². The molecular formula is C24H28ClN3O3S. The minimum Gasteiger partial charge on any atom is -0.382 e. The molecule has 2 aromatic carbocycles. The molecule has 0 spiro atoms. The van der Waals surface area contributed by atoms with Gasteiger partial charge in [0.2, 0.25) is 11.8 Å². The minimum absolute atomic E-state index is 0.0593. The molecule has 3 rings (SSSR count). The predicted molar refractivity (Wildman–Crippen MR) is 132 cm³/mol. The standard InChI is InChI=1S/C24H28ClN3O3S/c1-4-31-13-7-12-28-23(30)20(15-21(29)26-19-11-6-10-18(25)14-19)32-24(28)27-22-16(2)8-5-9-17(22)3/h5-6,8-11,14,20H,4,7,12-13,15H2,1-3H3,(H,26,29). The number of amidine groups is 1. The van der Waals surface area contributed by atoms with Crippen LogP contribution in [0.3, 0.4) is 0 Å². The van der Waals surface area contributed by atoms with Crippen molar-refractivity contribution in [2.75, 3.05) is 25.1 Å². The molecule has 1 unspecified atom stereocenters. The Balaban J connectivity index is 1.77. The number of carbonyl (C=O) groups is 2. The van der Waals surface area contributed by atoms with Crippen molar-refractivity contribution < 1.29 is 14.3 Å². The fourth-order valence-corrected chi connectivity index (χ4v) is 4.78. The molecular weight excluding hydrogens is 446 g/mol. The van der Waals surface area contributed by atoms with E-state index in [4.69, 9.17) is 21.3 Å². The van der Waals surface area contributed by atoms with Crippen LogP contribution in [0.25, 0.3) is 0 Å². The number of halogens is 1. The molecule has 2 amide bonds. The zero-order valence-corrected chi connectivity index (χ0v) is 20.1. The molecule has 1 N–H and O–H groups in total. The first kappa shape index (κ1) is 24.3. The SMILES string of the molecule is CCOCCCN1C(=O)C(CC(=O)Nc2cccc(Cl)c2)SC1=Nc1c(C)cccc1C. The summed E-state index contributed by atoms with van der Waals surface area (Å²) in [4.78, 5) is 32.3. The van der Waals surface area contributed by atoms with Crippen LogP contribution in [0.15, 0.2) is 47.5 Å². The van der Waals surface area contributed by atoms with E-state index in [0.717, 1.165) is 16.8 Å². The largest absolute Gasteiger partial charge is 0.382 e. The molecule has 2 aromatic rings. The molecule has 0 bridgehead atoms. The number of hydrogen-bond acceptors (Lipinski definition) is 5. The number of carbonyl (C=O) groups excluding carboxylic acids is 2. The zero-order chi connectivity index (χ0) is 23.1. The Morgan fingerprint density at radius 3 is 2.62 bits per heavy atom. The van der Waals surface area contributed by atoms with E-state index in [-0.39, 0.29) is 18.2 Å². The molecule has 6 nitrogen and oxygen atoms in total. The molecule has 0 aromatic heterocycles. The van der Waals surface area contributed by atoms with E-state index in [9.17, 15) is 9.59 Å². The van der Waals surface area contributed by atoms with Crippen molar-refractivity contribution in [1.29, 1.82) is 0 Å². The lowest BCUT2D eigenvalue weighted by Gasteiger charge is -2.17. The average Bonchev–Trinajstić information content (AvgIpc) is 3.02. The highest BCUT2D eigenvalue weighted by Crippen LogP contribution is 2.34. The number of amides is 2. The van der Waals surface area contributed by atoms with Gasteiger partial charge in [-0.15, -0.1) is 0 Å². The molecule has 8 heteroatoms. The summed E-state index contributed by atoms with van der Waals surface area (Å²) in [6, 6.07) is 12.9. The molecule has 0 saturated carbocycles. The summed E-state index contributed by atoms with van der Waals surface area (Å²) in [5, 5.41) is 3.47. The van der Waals surface area contributed by atoms with Crippen molar-refractivity contribution in [3.8, 4) is 0 Å². The van der Waals surface area contributed by atoms with Crippen LogP contribution >= 0.6 is 23.4 Å². The lowest BCUT2D eigenvalue weighted by atomic mass is 10.1. The highest BCUT2D eigenvalue weighted by molar-refractivity contribution is 8.15. The fraction of sp³-hybridized carbons (Fsp3) is 0.375. The number of nitrogens with one attached hydrogen (secondary N) is 1. The van der Waals surface area contributed by atoms with Crippen molar-refractivity contribution in [3.63, 3.8) is 0 Å². The molecule has 0 aliphatic carbocycles. The Kier molecular flexibility index (Phi) is 8.73. The monoisotopic (exact) mass is 473 g/mol. The Bertz CT molecular complexity index is 991. The third kappa shape index (κ3) is 6.34. The number of aliphatic imine (C=N–C) groups is 1. The third-order valence-electron chi connectivity index (χ3n) is 5.02. The normalized spacial score (nSPS) is 17.2. The summed E-state index contributed by atoms with van der Waals surface area (Å²) >= 11 is 7.33. The molecule has 170 valence electrons. The maximum Gasteiger partial charge on any atom is 0.242 e. The number of benzene rings is 2. The third-order valence-corrected chi connectivity index (χ3v) is 6.43. The van der Waals surface area contributed by atoms with Gasteiger partial charge in [-0.05, 0) is 56.5 Å². The topological polar surface area (TPSA) is 71.0 Å². The average molecular weight is 474 g/mol. The number of ether oxygens (including phenoxy) is 1. The number of anilines is 1. The Morgan fingerprint density at radius 1 is 1.22 bits per heavy atom. The van der Waals surface area contributed by atoms with Gasteiger partial charge in [-0.3, -0.25) is 14.5 Å². The van der Waals surface area contributed by atoms with E-state index >= 15 is 0 Å². The second-order valence-corrected chi connectivity index (χ2v) is 9.15. The van der Waals surface area contributed by atoms with Gasteiger partial charge in [-0.25, -0.2) is 4.99 Å². The van der Waals surface area contributed by atoms with Crippen LogP contribution in [-0.4, -0.2) is 46.9 Å². The second-order valence-electron chi connectivity index (χ2n) is 7.54. The van der Waals surface area contributed by atoms with E-state index < -0.39 is 5.25 Å². The van der Waals surface area contributed by atoms with Gasteiger partial charge >= 0.3 is 0 Å². The Morgan fingerprint density at radius 2 is 1.94 bits per heavy atom. The molecule has 1 fully saturated rings. The van der Waals surface area contributed by atoms with E-state index in [1.807, 2.05) is 39.0 Å². The van der Waals surface area contributed by atoms with Crippen LogP contribution in [0.2, 0.25) is 5.02 Å². The van der Waals surface area contributed by atoms with Crippen molar-refractivity contribution in [2.45, 2.75) is 38.9 Å². The summed E-state index contributed by atoms with van der Waals surface area (Å²) < 4.78 is 5.43. The maximum absolute atomic E-state index is 13.2. The van der Waals surface area contributed by atoms with Gasteiger partial charge in [-0.1, -0.05) is 47.6 Å². The van der Waals surface area contributed by atoms with Crippen LogP contribution in [-0.2, 0) is 14.3 Å². The van der Waals surface area contributed by atoms with Crippen molar-refractivity contribution in [3.05, 3.63) is 58.6 Å². The number of thioether (sulfide) groups is 1. The molecule has 1 heterocycles. The summed E-state index contributed by atoms with van der Waals surface area (Å²) in [5.41, 5.74) is 3.56. The maximum atomic E-state index is 13.2. The molecule has 1 saturated heterocycles. The van der Waals surface area contributed by atoms with Crippen LogP contribution in [0.4, 0.5) is 11.4 Å². The highest BCUT2D eigenvalue weighted by atomic mass is 35.5. The van der Waals surface area contributed by atoms with E-state index in [1.54, 1.807) is 29.2 Å². The van der Waals surface area contributed by atoms with Crippen molar-refractivity contribution in [1.82, 2.24) is 4.90 Å². The lowest BCUT2D eigenvalue weighted by Crippen LogP contribution is -2.34. The molecule has 1 aliphatic heterocycles. The minimum atomic E-state index is -0.524. The van der Waals surface area contributed by atoms with Crippen LogP contribution in [0.1, 0.15) is 30.9 Å². The van der Waals surface area contributed by atoms with Gasteiger partial charge in [0.25, 0.3) is 0 Å². The Hall–Kier alpha value is -2.35. The second kappa shape index (κ2) is 11.5. The first-order valence-electron chi connectivity index (χ1n) is 10.6. The number of aryl methyl sites for hydroxylation is 2. The summed E-state index contributed by atoms with van der Waals surface area (Å²) in [5.74, 6) is -0.335. The van der Waals surface area contributed by atoms with Gasteiger partial charge < -0.3 is 10.1 Å². The first-order valence-corrected chi connectivity index (χ1v) is 11.9. The molecule has 0 radical (unpaired) electrons. The van der Waals surface area contributed by atoms with Crippen LogP contribution in [0, 0.1) is 13.8 Å². The summed E-state index contributed by atoms with van der Waals surface area (Å²) in [7, 11) is 0. The smallest absolute Gasteiger partial charge is 0.242 e. The molecule has 1 aliphatic rings. The van der Waals surface area contributed by atoms with Gasteiger partial charge in [-0.2, -0.15) is 0 Å². The van der Waals surface area contributed by atoms with Gasteiger partial charge in [0.05, 0.1) is 5.69 Å². The van der Waals surface area contributed by atoms with E-state index in [2.05, 4.69) is 5.32 Å². The number of nitrogens with zero attached hydrogens (tertiary/aromatic N) is 2. The van der Waals surface area contributed by atoms with Gasteiger partial charge in [0.15, 0.2) is 5.17 Å². The van der Waals surface area contributed by atoms with Gasteiger partial charge in [0, 0.05) is 36.9 Å². The highest BCUT2D eigenvalue weighted by Gasteiger charge is 2.39. The predicted octanol–water partition coefficient (Wildman–Crippen LogP) is 5.34. The number of para-hydroxylation sites is 1. The van der Waals surface area contributed by atoms with E-state index in [0.29, 0.717) is 42.1 Å². The fourth-order valence-electron chi connectivity index (χ4n) is 3.42. The lowest BCUT2D eigenvalue weighted by molar-refractivity contribution is -0.128. The molecule has 1 atom stereocenters. The summed E-state index contributed by atoms with van der Waals surface area (Å²) in [6.45, 7) is 7.66. The Labute approximate surface area is 198 Å². The van der Waals surface area contributed by atoms with Gasteiger partial charge in [0.1, 0.15) is 5.25 Å². The number of rotatable bonds is 9.